The van der Waals surface area contributed by atoms with Crippen molar-refractivity contribution in [1.82, 2.24) is 19.9 Å². The fourth-order valence-electron chi connectivity index (χ4n) is 2.91. The summed E-state index contributed by atoms with van der Waals surface area (Å²) < 4.78 is 20.7. The van der Waals surface area contributed by atoms with Gasteiger partial charge in [0.2, 0.25) is 5.88 Å². The van der Waals surface area contributed by atoms with Gasteiger partial charge in [-0.2, -0.15) is 0 Å². The largest absolute Gasteiger partial charge is 0.436 e. The zero-order valence-electron chi connectivity index (χ0n) is 15.8. The molecule has 30 heavy (non-hydrogen) atoms. The molecule has 0 saturated heterocycles. The van der Waals surface area contributed by atoms with E-state index < -0.39 is 5.82 Å². The van der Waals surface area contributed by atoms with E-state index in [4.69, 9.17) is 16.3 Å². The Kier molecular flexibility index (Phi) is 5.24. The van der Waals surface area contributed by atoms with E-state index in [1.54, 1.807) is 37.4 Å². The number of aromatic amines is 1. The van der Waals surface area contributed by atoms with E-state index >= 15 is 0 Å². The molecule has 0 aliphatic heterocycles. The van der Waals surface area contributed by atoms with Crippen LogP contribution in [0.5, 0.6) is 11.6 Å². The maximum absolute atomic E-state index is 13.8. The van der Waals surface area contributed by atoms with Crippen molar-refractivity contribution in [2.75, 3.05) is 0 Å². The van der Waals surface area contributed by atoms with Crippen molar-refractivity contribution in [3.8, 4) is 11.6 Å². The van der Waals surface area contributed by atoms with Crippen LogP contribution < -0.4 is 15.7 Å². The average molecular weight is 427 g/mol. The zero-order chi connectivity index (χ0) is 21.3. The third-order valence-electron chi connectivity index (χ3n) is 4.53. The number of halogens is 2. The van der Waals surface area contributed by atoms with Gasteiger partial charge in [0.05, 0.1) is 11.0 Å². The number of rotatable bonds is 5. The second-order valence-electron chi connectivity index (χ2n) is 6.59. The number of aromatic nitrogens is 3. The van der Waals surface area contributed by atoms with Gasteiger partial charge in [-0.1, -0.05) is 17.7 Å². The molecular formula is C21H16ClFN4O3. The van der Waals surface area contributed by atoms with Crippen molar-refractivity contribution < 1.29 is 13.9 Å². The van der Waals surface area contributed by atoms with Gasteiger partial charge < -0.3 is 15.0 Å². The molecule has 2 heterocycles. The number of carbonyl (C=O) groups excluding carboxylic acids is 1. The van der Waals surface area contributed by atoms with Gasteiger partial charge >= 0.3 is 5.69 Å². The minimum absolute atomic E-state index is 0.0160. The fraction of sp³-hybridized carbons (Fsp3) is 0.0952. The van der Waals surface area contributed by atoms with Gasteiger partial charge in [0.25, 0.3) is 5.91 Å². The summed E-state index contributed by atoms with van der Waals surface area (Å²) in [5.74, 6) is -0.644. The van der Waals surface area contributed by atoms with Crippen LogP contribution in [0.4, 0.5) is 4.39 Å². The second kappa shape index (κ2) is 8.00. The van der Waals surface area contributed by atoms with E-state index in [1.807, 2.05) is 0 Å². The van der Waals surface area contributed by atoms with E-state index in [-0.39, 0.29) is 34.8 Å². The molecule has 0 aliphatic carbocycles. The van der Waals surface area contributed by atoms with Crippen LogP contribution >= 0.6 is 11.6 Å². The first kappa shape index (κ1) is 19.7. The quantitative estimate of drug-likeness (QED) is 0.508. The number of ether oxygens (including phenoxy) is 1. The number of imidazole rings is 1. The van der Waals surface area contributed by atoms with Crippen molar-refractivity contribution in [3.05, 3.63) is 87.2 Å². The summed E-state index contributed by atoms with van der Waals surface area (Å²) in [4.78, 5) is 30.9. The second-order valence-corrected chi connectivity index (χ2v) is 7.02. The van der Waals surface area contributed by atoms with Crippen LogP contribution in [0.15, 0.2) is 59.5 Å². The zero-order valence-corrected chi connectivity index (χ0v) is 16.5. The third kappa shape index (κ3) is 4.04. The van der Waals surface area contributed by atoms with E-state index in [0.29, 0.717) is 16.6 Å². The van der Waals surface area contributed by atoms with Crippen molar-refractivity contribution in [2.24, 2.45) is 7.05 Å². The number of hydrogen-bond acceptors (Lipinski definition) is 4. The highest BCUT2D eigenvalue weighted by Gasteiger charge is 2.10. The van der Waals surface area contributed by atoms with Crippen LogP contribution in [0.25, 0.3) is 11.0 Å². The monoisotopic (exact) mass is 426 g/mol. The SMILES string of the molecule is Cn1c(=O)[nH]c2cc(C(=O)NCc3ccc(Oc4ccc(Cl)cc4F)nc3)ccc21. The Bertz CT molecular complexity index is 1300. The molecule has 0 radical (unpaired) electrons. The number of hydrogen-bond donors (Lipinski definition) is 2. The lowest BCUT2D eigenvalue weighted by atomic mass is 10.2. The number of carbonyl (C=O) groups is 1. The van der Waals surface area contributed by atoms with E-state index in [0.717, 1.165) is 11.6 Å². The third-order valence-corrected chi connectivity index (χ3v) is 4.76. The average Bonchev–Trinajstić information content (AvgIpc) is 3.02. The lowest BCUT2D eigenvalue weighted by Gasteiger charge is -2.08. The topological polar surface area (TPSA) is 89.0 Å². The summed E-state index contributed by atoms with van der Waals surface area (Å²) in [6.45, 7) is 0.241. The minimum Gasteiger partial charge on any atom is -0.436 e. The maximum Gasteiger partial charge on any atom is 0.326 e. The van der Waals surface area contributed by atoms with Crippen molar-refractivity contribution in [2.45, 2.75) is 6.54 Å². The predicted molar refractivity (Wildman–Crippen MR) is 110 cm³/mol. The highest BCUT2D eigenvalue weighted by atomic mass is 35.5. The van der Waals surface area contributed by atoms with E-state index in [2.05, 4.69) is 15.3 Å². The summed E-state index contributed by atoms with van der Waals surface area (Å²) in [6.07, 6.45) is 1.53. The molecule has 7 nitrogen and oxygen atoms in total. The molecule has 2 aromatic heterocycles. The van der Waals surface area contributed by atoms with Crippen LogP contribution in [0.2, 0.25) is 5.02 Å². The molecule has 9 heteroatoms. The molecule has 0 fully saturated rings. The van der Waals surface area contributed by atoms with Crippen molar-refractivity contribution >= 4 is 28.5 Å². The molecule has 2 aromatic carbocycles. The van der Waals surface area contributed by atoms with Gasteiger partial charge in [-0.25, -0.2) is 14.2 Å². The molecule has 4 rings (SSSR count). The first-order valence-electron chi connectivity index (χ1n) is 8.95. The summed E-state index contributed by atoms with van der Waals surface area (Å²) in [5.41, 5.74) is 2.23. The Labute approximate surface area is 175 Å². The van der Waals surface area contributed by atoms with Crippen molar-refractivity contribution in [3.63, 3.8) is 0 Å². The van der Waals surface area contributed by atoms with Gasteiger partial charge in [0, 0.05) is 36.4 Å². The Morgan fingerprint density at radius 1 is 1.23 bits per heavy atom. The normalized spacial score (nSPS) is 10.9. The molecule has 0 aliphatic rings. The lowest BCUT2D eigenvalue weighted by molar-refractivity contribution is 0.0951. The van der Waals surface area contributed by atoms with Gasteiger partial charge in [-0.3, -0.25) is 9.36 Å². The van der Waals surface area contributed by atoms with Crippen molar-refractivity contribution in [1.29, 1.82) is 0 Å². The molecule has 2 N–H and O–H groups in total. The molecule has 0 saturated carbocycles. The molecule has 1 amide bonds. The molecule has 4 aromatic rings. The Morgan fingerprint density at radius 3 is 2.80 bits per heavy atom. The number of H-pyrrole nitrogens is 1. The number of nitrogens with zero attached hydrogens (tertiary/aromatic N) is 2. The first-order valence-corrected chi connectivity index (χ1v) is 9.33. The van der Waals surface area contributed by atoms with Crippen LogP contribution in [0.1, 0.15) is 15.9 Å². The van der Waals surface area contributed by atoms with Gasteiger partial charge in [-0.15, -0.1) is 0 Å². The summed E-state index contributed by atoms with van der Waals surface area (Å²) in [6, 6.07) is 12.4. The summed E-state index contributed by atoms with van der Waals surface area (Å²) in [5, 5.41) is 3.07. The Hall–Kier alpha value is -3.65. The molecule has 0 bridgehead atoms. The minimum atomic E-state index is -0.586. The fourth-order valence-corrected chi connectivity index (χ4v) is 3.07. The number of fused-ring (bicyclic) bond motifs is 1. The predicted octanol–water partition coefficient (Wildman–Crippen LogP) is 3.78. The van der Waals surface area contributed by atoms with E-state index in [1.165, 1.54) is 22.9 Å². The number of nitrogens with one attached hydrogen (secondary N) is 2. The Morgan fingerprint density at radius 2 is 2.07 bits per heavy atom. The number of pyridine rings is 1. The first-order chi connectivity index (χ1) is 14.4. The lowest BCUT2D eigenvalue weighted by Crippen LogP contribution is -2.22. The van der Waals surface area contributed by atoms with Crippen LogP contribution in [-0.2, 0) is 13.6 Å². The Balaban J connectivity index is 1.40. The van der Waals surface area contributed by atoms with Crippen LogP contribution in [-0.4, -0.2) is 20.4 Å². The maximum atomic E-state index is 13.8. The highest BCUT2D eigenvalue weighted by Crippen LogP contribution is 2.25. The van der Waals surface area contributed by atoms with Crippen LogP contribution in [0.3, 0.4) is 0 Å². The van der Waals surface area contributed by atoms with Gasteiger partial charge in [0.15, 0.2) is 11.6 Å². The molecule has 0 spiro atoms. The summed E-state index contributed by atoms with van der Waals surface area (Å²) >= 11 is 5.72. The molecule has 0 atom stereocenters. The number of amides is 1. The standard InChI is InChI=1S/C21H16ClFN4O3/c1-27-17-5-3-13(8-16(17)26-21(27)29)20(28)25-11-12-2-7-19(24-10-12)30-18-6-4-14(22)9-15(18)23/h2-10H,11H2,1H3,(H,25,28)(H,26,29). The smallest absolute Gasteiger partial charge is 0.326 e. The van der Waals surface area contributed by atoms with E-state index in [9.17, 15) is 14.0 Å². The molecule has 152 valence electrons. The number of aryl methyl sites for hydroxylation is 1. The highest BCUT2D eigenvalue weighted by molar-refractivity contribution is 6.30. The number of benzene rings is 2. The molecule has 0 unspecified atom stereocenters. The van der Waals surface area contributed by atoms with Gasteiger partial charge in [0.1, 0.15) is 0 Å². The molecular weight excluding hydrogens is 411 g/mol. The summed E-state index contributed by atoms with van der Waals surface area (Å²) in [7, 11) is 1.66. The van der Waals surface area contributed by atoms with Crippen LogP contribution in [0, 0.1) is 5.82 Å². The van der Waals surface area contributed by atoms with Gasteiger partial charge in [-0.05, 0) is 42.0 Å².